The number of para-hydroxylation sites is 1. The number of thiazole rings is 1. The van der Waals surface area contributed by atoms with Gasteiger partial charge in [0.05, 0.1) is 21.3 Å². The highest BCUT2D eigenvalue weighted by molar-refractivity contribution is 7.20. The Morgan fingerprint density at radius 3 is 2.90 bits per heavy atom. The molecule has 1 aromatic heterocycles. The first-order chi connectivity index (χ1) is 13.9. The van der Waals surface area contributed by atoms with Crippen LogP contribution >= 0.6 is 11.3 Å². The molecule has 0 saturated carbocycles. The second-order valence-electron chi connectivity index (χ2n) is 7.50. The number of carbonyl (C=O) groups is 2. The van der Waals surface area contributed by atoms with Crippen LogP contribution in [0.4, 0.5) is 11.4 Å². The number of aromatic nitrogens is 1. The first-order valence-electron chi connectivity index (χ1n) is 9.26. The second-order valence-corrected chi connectivity index (χ2v) is 8.53. The molecule has 1 aliphatic heterocycles. The number of ether oxygens (including phenoxy) is 1. The molecule has 2 amide bonds. The van der Waals surface area contributed by atoms with Crippen LogP contribution in [0.15, 0.2) is 55.1 Å². The number of nitrogens with zero attached hydrogens (tertiary/aromatic N) is 2. The highest BCUT2D eigenvalue weighted by atomic mass is 32.1. The van der Waals surface area contributed by atoms with Gasteiger partial charge in [-0.1, -0.05) is 18.2 Å². The lowest BCUT2D eigenvalue weighted by atomic mass is 9.93. The number of benzene rings is 2. The van der Waals surface area contributed by atoms with Crippen LogP contribution < -0.4 is 15.0 Å². The number of anilines is 2. The van der Waals surface area contributed by atoms with E-state index in [1.807, 2.05) is 38.1 Å². The van der Waals surface area contributed by atoms with Gasteiger partial charge in [-0.3, -0.25) is 9.59 Å². The second kappa shape index (κ2) is 7.33. The van der Waals surface area contributed by atoms with Crippen molar-refractivity contribution in [2.75, 3.05) is 23.4 Å². The first-order valence-corrected chi connectivity index (χ1v) is 10.1. The van der Waals surface area contributed by atoms with Gasteiger partial charge in [0.2, 0.25) is 5.91 Å². The summed E-state index contributed by atoms with van der Waals surface area (Å²) in [6.45, 7) is 8.11. The summed E-state index contributed by atoms with van der Waals surface area (Å²) < 4.78 is 6.83. The van der Waals surface area contributed by atoms with Crippen LogP contribution in [0.5, 0.6) is 5.75 Å². The van der Waals surface area contributed by atoms with Crippen molar-refractivity contribution in [2.45, 2.75) is 13.8 Å². The van der Waals surface area contributed by atoms with E-state index in [1.165, 1.54) is 11.3 Å². The van der Waals surface area contributed by atoms with Crippen LogP contribution in [0.1, 0.15) is 23.6 Å². The van der Waals surface area contributed by atoms with Crippen LogP contribution in [0, 0.1) is 5.41 Å². The number of amides is 2. The molecule has 1 N–H and O–H groups in total. The number of fused-ring (bicyclic) bond motifs is 2. The summed E-state index contributed by atoms with van der Waals surface area (Å²) in [5, 5.41) is 3.26. The maximum Gasteiger partial charge on any atom is 0.284 e. The van der Waals surface area contributed by atoms with Crippen molar-refractivity contribution in [3.63, 3.8) is 0 Å². The van der Waals surface area contributed by atoms with E-state index in [1.54, 1.807) is 29.2 Å². The lowest BCUT2D eigenvalue weighted by Crippen LogP contribution is -2.42. The number of nitrogens with one attached hydrogen (secondary N) is 1. The molecule has 2 heterocycles. The third-order valence-corrected chi connectivity index (χ3v) is 5.76. The average Bonchev–Trinajstić information content (AvgIpc) is 3.11. The summed E-state index contributed by atoms with van der Waals surface area (Å²) in [7, 11) is 0. The summed E-state index contributed by atoms with van der Waals surface area (Å²) in [6, 6.07) is 12.9. The van der Waals surface area contributed by atoms with Gasteiger partial charge in [-0.05, 0) is 44.2 Å². The molecule has 0 aliphatic carbocycles. The van der Waals surface area contributed by atoms with Crippen LogP contribution in [-0.2, 0) is 4.79 Å². The van der Waals surface area contributed by atoms with E-state index >= 15 is 0 Å². The largest absolute Gasteiger partial charge is 0.490 e. The summed E-state index contributed by atoms with van der Waals surface area (Å²) in [4.78, 5) is 31.7. The third kappa shape index (κ3) is 3.61. The molecule has 1 aliphatic rings. The van der Waals surface area contributed by atoms with Crippen LogP contribution in [0.2, 0.25) is 0 Å². The Kier molecular flexibility index (Phi) is 4.84. The molecule has 7 heteroatoms. The summed E-state index contributed by atoms with van der Waals surface area (Å²) in [5.74, 6) is 0.261. The maximum atomic E-state index is 13.0. The Balaban J connectivity index is 1.65. The molecular formula is C22H21N3O3S. The van der Waals surface area contributed by atoms with Crippen molar-refractivity contribution in [3.05, 3.63) is 60.1 Å². The molecule has 6 nitrogen and oxygen atoms in total. The SMILES string of the molecule is C=CCN1C(=O)C(C)(C)COc2ccc(NC(=O)c3nc4ccccc4s3)cc21. The molecule has 0 unspecified atom stereocenters. The van der Waals surface area contributed by atoms with E-state index in [9.17, 15) is 9.59 Å². The third-order valence-electron chi connectivity index (χ3n) is 4.72. The zero-order valence-electron chi connectivity index (χ0n) is 16.3. The zero-order valence-corrected chi connectivity index (χ0v) is 17.1. The molecule has 0 atom stereocenters. The fourth-order valence-corrected chi connectivity index (χ4v) is 4.05. The molecule has 0 fully saturated rings. The molecule has 2 aromatic carbocycles. The zero-order chi connectivity index (χ0) is 20.6. The van der Waals surface area contributed by atoms with E-state index in [0.717, 1.165) is 10.2 Å². The number of carbonyl (C=O) groups excluding carboxylic acids is 2. The summed E-state index contributed by atoms with van der Waals surface area (Å²) in [5.41, 5.74) is 1.32. The van der Waals surface area contributed by atoms with Crippen LogP contribution in [-0.4, -0.2) is 29.9 Å². The highest BCUT2D eigenvalue weighted by Gasteiger charge is 2.37. The standard InChI is InChI=1S/C22H21N3O3S/c1-4-11-25-16-12-14(9-10-17(16)28-13-22(2,3)21(25)27)23-19(26)20-24-15-7-5-6-8-18(15)29-20/h4-10,12H,1,11,13H2,2-3H3,(H,23,26). The number of hydrogen-bond acceptors (Lipinski definition) is 5. The summed E-state index contributed by atoms with van der Waals surface area (Å²) in [6.07, 6.45) is 1.68. The predicted octanol–water partition coefficient (Wildman–Crippen LogP) is 4.49. The van der Waals surface area contributed by atoms with Gasteiger partial charge >= 0.3 is 0 Å². The summed E-state index contributed by atoms with van der Waals surface area (Å²) >= 11 is 1.34. The molecular weight excluding hydrogens is 386 g/mol. The average molecular weight is 407 g/mol. The van der Waals surface area contributed by atoms with Crippen molar-refractivity contribution in [1.29, 1.82) is 0 Å². The van der Waals surface area contributed by atoms with Gasteiger partial charge in [0, 0.05) is 12.2 Å². The molecule has 0 bridgehead atoms. The fraction of sp³-hybridized carbons (Fsp3) is 0.227. The minimum Gasteiger partial charge on any atom is -0.490 e. The van der Waals surface area contributed by atoms with Crippen molar-refractivity contribution in [1.82, 2.24) is 4.98 Å². The maximum absolute atomic E-state index is 13.0. The Bertz CT molecular complexity index is 1090. The molecule has 29 heavy (non-hydrogen) atoms. The lowest BCUT2D eigenvalue weighted by molar-refractivity contribution is -0.127. The molecule has 3 aromatic rings. The molecule has 0 saturated heterocycles. The Morgan fingerprint density at radius 2 is 2.14 bits per heavy atom. The normalized spacial score (nSPS) is 15.4. The predicted molar refractivity (Wildman–Crippen MR) is 116 cm³/mol. The Morgan fingerprint density at radius 1 is 1.34 bits per heavy atom. The van der Waals surface area contributed by atoms with E-state index in [-0.39, 0.29) is 18.4 Å². The van der Waals surface area contributed by atoms with Gasteiger partial charge < -0.3 is 15.0 Å². The van der Waals surface area contributed by atoms with E-state index < -0.39 is 5.41 Å². The van der Waals surface area contributed by atoms with Crippen LogP contribution in [0.25, 0.3) is 10.2 Å². The van der Waals surface area contributed by atoms with E-state index in [2.05, 4.69) is 16.9 Å². The Labute approximate surface area is 172 Å². The van der Waals surface area contributed by atoms with Gasteiger partial charge in [0.25, 0.3) is 5.91 Å². The monoisotopic (exact) mass is 407 g/mol. The van der Waals surface area contributed by atoms with Gasteiger partial charge in [-0.15, -0.1) is 17.9 Å². The van der Waals surface area contributed by atoms with Crippen molar-refractivity contribution in [3.8, 4) is 5.75 Å². The molecule has 4 rings (SSSR count). The number of rotatable bonds is 4. The van der Waals surface area contributed by atoms with Crippen LogP contribution in [0.3, 0.4) is 0 Å². The molecule has 0 spiro atoms. The van der Waals surface area contributed by atoms with Gasteiger partial charge in [-0.25, -0.2) is 4.98 Å². The molecule has 0 radical (unpaired) electrons. The minimum absolute atomic E-state index is 0.0502. The smallest absolute Gasteiger partial charge is 0.284 e. The van der Waals surface area contributed by atoms with Crippen molar-refractivity contribution >= 4 is 44.7 Å². The van der Waals surface area contributed by atoms with Gasteiger partial charge in [-0.2, -0.15) is 0 Å². The van der Waals surface area contributed by atoms with Crippen molar-refractivity contribution < 1.29 is 14.3 Å². The first kappa shape index (κ1) is 19.1. The van der Waals surface area contributed by atoms with E-state index in [4.69, 9.17) is 4.74 Å². The fourth-order valence-electron chi connectivity index (χ4n) is 3.19. The van der Waals surface area contributed by atoms with Gasteiger partial charge in [0.15, 0.2) is 5.01 Å². The highest BCUT2D eigenvalue weighted by Crippen LogP contribution is 2.38. The lowest BCUT2D eigenvalue weighted by Gasteiger charge is -2.27. The minimum atomic E-state index is -0.660. The quantitative estimate of drug-likeness (QED) is 0.647. The van der Waals surface area contributed by atoms with Gasteiger partial charge in [0.1, 0.15) is 12.4 Å². The topological polar surface area (TPSA) is 71.5 Å². The van der Waals surface area contributed by atoms with E-state index in [0.29, 0.717) is 28.7 Å². The van der Waals surface area contributed by atoms with Crippen molar-refractivity contribution in [2.24, 2.45) is 5.41 Å². The Hall–Kier alpha value is -3.19. The number of hydrogen-bond donors (Lipinski definition) is 1. The molecule has 148 valence electrons.